The summed E-state index contributed by atoms with van der Waals surface area (Å²) in [7, 11) is -4.03. The maximum atomic E-state index is 14.7. The Balaban J connectivity index is 1.25. The van der Waals surface area contributed by atoms with Gasteiger partial charge >= 0.3 is 12.1 Å². The number of rotatable bonds is 7. The third kappa shape index (κ3) is 7.80. The number of ketones is 1. The van der Waals surface area contributed by atoms with E-state index in [9.17, 15) is 40.8 Å². The third-order valence-corrected chi connectivity index (χ3v) is 14.6. The first kappa shape index (κ1) is 40.2. The Morgan fingerprint density at radius 3 is 2.55 bits per heavy atom. The molecular weight excluding hydrogens is 752 g/mol. The van der Waals surface area contributed by atoms with Gasteiger partial charge in [-0.05, 0) is 76.2 Å². The van der Waals surface area contributed by atoms with Crippen molar-refractivity contribution in [2.45, 2.75) is 127 Å². The van der Waals surface area contributed by atoms with Gasteiger partial charge in [0.15, 0.2) is 17.2 Å². The van der Waals surface area contributed by atoms with Gasteiger partial charge in [0, 0.05) is 29.7 Å². The number of halogens is 3. The quantitative estimate of drug-likeness (QED) is 0.241. The van der Waals surface area contributed by atoms with Crippen molar-refractivity contribution in [2.24, 2.45) is 23.2 Å². The van der Waals surface area contributed by atoms with Crippen molar-refractivity contribution in [2.75, 3.05) is 13.2 Å². The first-order valence-corrected chi connectivity index (χ1v) is 21.3. The number of amides is 2. The fourth-order valence-electron chi connectivity index (χ4n) is 8.66. The van der Waals surface area contributed by atoms with Gasteiger partial charge in [-0.1, -0.05) is 57.0 Å². The first-order valence-electron chi connectivity index (χ1n) is 19.8. The van der Waals surface area contributed by atoms with E-state index in [4.69, 9.17) is 9.47 Å². The molecule has 2 saturated carbocycles. The number of para-hydroxylation sites is 1. The van der Waals surface area contributed by atoms with Crippen molar-refractivity contribution in [3.8, 4) is 5.75 Å². The number of esters is 1. The summed E-state index contributed by atoms with van der Waals surface area (Å²) in [5.74, 6) is -4.02. The molecule has 56 heavy (non-hydrogen) atoms. The van der Waals surface area contributed by atoms with Crippen molar-refractivity contribution in [3.63, 3.8) is 0 Å². The molecule has 1 spiro atoms. The van der Waals surface area contributed by atoms with Crippen LogP contribution in [0.3, 0.4) is 0 Å². The summed E-state index contributed by atoms with van der Waals surface area (Å²) in [6.45, 7) is 5.28. The molecule has 5 atom stereocenters. The minimum Gasteiger partial charge on any atom is -0.483 e. The monoisotopic (exact) mass is 801 g/mol. The smallest absolute Gasteiger partial charge is 0.437 e. The van der Waals surface area contributed by atoms with Crippen molar-refractivity contribution in [1.29, 1.82) is 0 Å². The van der Waals surface area contributed by atoms with Gasteiger partial charge in [0.2, 0.25) is 21.8 Å². The molecule has 11 nitrogen and oxygen atoms in total. The number of allylic oxidation sites excluding steroid dienone is 2. The summed E-state index contributed by atoms with van der Waals surface area (Å²) in [5.41, 5.74) is -3.47. The van der Waals surface area contributed by atoms with Crippen molar-refractivity contribution >= 4 is 44.5 Å². The molecule has 1 N–H and O–H groups in total. The standard InChI is InChI=1S/C41H50F3N3O8S/c1-25(2)23-54-33(49)19-26-11-7-5-4-6-8-12-27-20-40(27,37(51)46-56(52,53)38(3)17-18-38)22-32(48)31-21-39(24-47(31)36(26)50)16-15-29-28-13-9-10-14-30(28)45-35(34(29)55-39)41(42,43)44/h8-10,12-14,25-27,31H,4-7,11,15-24H2,1-3H3,(H,46,51)/b12-8-/t26-,27-,31+,39-,40-/m1/s1. The van der Waals surface area contributed by atoms with Crippen LogP contribution in [-0.4, -0.2) is 71.4 Å². The number of nitrogens with zero attached hydrogens (tertiary/aromatic N) is 2. The Bertz CT molecular complexity index is 2070. The lowest BCUT2D eigenvalue weighted by molar-refractivity contribution is -0.151. The summed E-state index contributed by atoms with van der Waals surface area (Å²) in [6.07, 6.45) is 2.63. The Morgan fingerprint density at radius 2 is 1.84 bits per heavy atom. The molecule has 304 valence electrons. The number of Topliss-reactive ketones (excluding diaryl/α,β-unsaturated/α-hetero) is 1. The molecule has 0 unspecified atom stereocenters. The molecule has 2 amide bonds. The van der Waals surface area contributed by atoms with Crippen LogP contribution in [-0.2, 0) is 46.5 Å². The van der Waals surface area contributed by atoms with Gasteiger partial charge in [-0.3, -0.25) is 23.9 Å². The Kier molecular flexibility index (Phi) is 10.6. The number of aromatic nitrogens is 1. The number of carbonyl (C=O) groups excluding carboxylic acids is 4. The Hall–Kier alpha value is -4.01. The van der Waals surface area contributed by atoms with Gasteiger partial charge in [0.05, 0.1) is 41.3 Å². The number of hydrogen-bond donors (Lipinski definition) is 1. The molecule has 15 heteroatoms. The predicted octanol–water partition coefficient (Wildman–Crippen LogP) is 6.61. The van der Waals surface area contributed by atoms with Gasteiger partial charge in [-0.25, -0.2) is 13.4 Å². The maximum absolute atomic E-state index is 14.7. The van der Waals surface area contributed by atoms with E-state index < -0.39 is 84.9 Å². The zero-order valence-electron chi connectivity index (χ0n) is 32.1. The van der Waals surface area contributed by atoms with Crippen LogP contribution in [0.25, 0.3) is 10.9 Å². The Labute approximate surface area is 325 Å². The molecule has 7 rings (SSSR count). The number of fused-ring (bicyclic) bond motifs is 5. The number of alkyl halides is 3. The minimum absolute atomic E-state index is 0.0634. The summed E-state index contributed by atoms with van der Waals surface area (Å²) in [4.78, 5) is 61.7. The predicted molar refractivity (Wildman–Crippen MR) is 200 cm³/mol. The lowest BCUT2D eigenvalue weighted by Crippen LogP contribution is -2.48. The summed E-state index contributed by atoms with van der Waals surface area (Å²) >= 11 is 0. The van der Waals surface area contributed by atoms with Gasteiger partial charge in [0.1, 0.15) is 5.60 Å². The first-order chi connectivity index (χ1) is 26.4. The highest BCUT2D eigenvalue weighted by Crippen LogP contribution is 2.58. The lowest BCUT2D eigenvalue weighted by Gasteiger charge is -2.37. The molecule has 0 radical (unpaired) electrons. The van der Waals surface area contributed by atoms with Crippen LogP contribution in [0.5, 0.6) is 5.75 Å². The maximum Gasteiger partial charge on any atom is 0.437 e. The number of ether oxygens (including phenoxy) is 2. The number of hydrogen-bond acceptors (Lipinski definition) is 9. The second-order valence-corrected chi connectivity index (χ2v) is 19.5. The molecule has 3 fully saturated rings. The van der Waals surface area contributed by atoms with Crippen molar-refractivity contribution in [3.05, 3.63) is 47.7 Å². The largest absolute Gasteiger partial charge is 0.483 e. The molecule has 2 aliphatic carbocycles. The molecule has 4 heterocycles. The average molecular weight is 802 g/mol. The van der Waals surface area contributed by atoms with E-state index in [1.165, 1.54) is 11.0 Å². The van der Waals surface area contributed by atoms with Crippen LogP contribution in [0.1, 0.15) is 109 Å². The fourth-order valence-corrected chi connectivity index (χ4v) is 10.00. The van der Waals surface area contributed by atoms with E-state index in [-0.39, 0.29) is 63.1 Å². The van der Waals surface area contributed by atoms with Crippen molar-refractivity contribution < 1.29 is 50.2 Å². The molecule has 1 aromatic carbocycles. The van der Waals surface area contributed by atoms with E-state index in [1.807, 2.05) is 26.0 Å². The highest BCUT2D eigenvalue weighted by Gasteiger charge is 2.63. The van der Waals surface area contributed by atoms with Crippen LogP contribution in [0.15, 0.2) is 36.4 Å². The average Bonchev–Trinajstić information content (AvgIpc) is 4.03. The number of sulfonamides is 1. The fraction of sp³-hybridized carbons (Fsp3) is 0.634. The molecule has 2 aromatic rings. The van der Waals surface area contributed by atoms with E-state index >= 15 is 0 Å². The molecule has 3 aliphatic heterocycles. The zero-order valence-corrected chi connectivity index (χ0v) is 32.9. The molecule has 0 bridgehead atoms. The lowest BCUT2D eigenvalue weighted by atomic mass is 9.85. The molecule has 1 saturated heterocycles. The van der Waals surface area contributed by atoms with E-state index in [0.29, 0.717) is 43.1 Å². The third-order valence-electron chi connectivity index (χ3n) is 12.5. The number of pyridine rings is 1. The van der Waals surface area contributed by atoms with E-state index in [0.717, 1.165) is 12.8 Å². The van der Waals surface area contributed by atoms with Crippen LogP contribution < -0.4 is 9.46 Å². The highest BCUT2D eigenvalue weighted by molar-refractivity contribution is 7.91. The minimum atomic E-state index is -4.87. The van der Waals surface area contributed by atoms with E-state index in [1.54, 1.807) is 25.1 Å². The van der Waals surface area contributed by atoms with Crippen molar-refractivity contribution in [1.82, 2.24) is 14.6 Å². The van der Waals surface area contributed by atoms with Gasteiger partial charge in [-0.15, -0.1) is 0 Å². The summed E-state index contributed by atoms with van der Waals surface area (Å²) < 4.78 is 83.3. The second-order valence-electron chi connectivity index (χ2n) is 17.3. The molecule has 1 aromatic heterocycles. The summed E-state index contributed by atoms with van der Waals surface area (Å²) in [6, 6.07) is 5.30. The summed E-state index contributed by atoms with van der Waals surface area (Å²) in [5, 5.41) is 0.515. The number of aryl methyl sites for hydroxylation is 1. The van der Waals surface area contributed by atoms with Crippen LogP contribution in [0.4, 0.5) is 13.2 Å². The molecule has 5 aliphatic rings. The zero-order chi connectivity index (χ0) is 40.3. The number of benzene rings is 1. The van der Waals surface area contributed by atoms with Crippen LogP contribution >= 0.6 is 0 Å². The van der Waals surface area contributed by atoms with E-state index in [2.05, 4.69) is 9.71 Å². The van der Waals surface area contributed by atoms with Crippen LogP contribution in [0.2, 0.25) is 0 Å². The molecular formula is C41H50F3N3O8S. The Morgan fingerprint density at radius 1 is 1.09 bits per heavy atom. The van der Waals surface area contributed by atoms with Gasteiger partial charge in [0.25, 0.3) is 0 Å². The van der Waals surface area contributed by atoms with Gasteiger partial charge < -0.3 is 14.4 Å². The normalized spacial score (nSPS) is 29.7. The van der Waals surface area contributed by atoms with Gasteiger partial charge in [-0.2, -0.15) is 13.2 Å². The number of nitrogens with one attached hydrogen (secondary N) is 1. The second kappa shape index (κ2) is 14.7. The topological polar surface area (TPSA) is 149 Å². The SMILES string of the molecule is CC(C)COC(=O)C[C@H]1CCCCC/C=C\[C@@H]2C[C@@]2(C(=O)NS(=O)(=O)C2(C)CC2)CC(=O)[C@@H]2C[C@]3(CCc4c(c(C(F)(F)F)nc5ccccc45)O3)CN2C1=O. The number of carbonyl (C=O) groups is 4. The highest BCUT2D eigenvalue weighted by atomic mass is 32.2. The van der Waals surface area contributed by atoms with Crippen LogP contribution in [0, 0.1) is 23.2 Å².